The SMILES string of the molecule is CC(C#N)(CCSCC1CCCO1)NC1CC1. The summed E-state index contributed by atoms with van der Waals surface area (Å²) in [5, 5.41) is 12.7. The second-order valence-electron chi connectivity index (χ2n) is 5.32. The van der Waals surface area contributed by atoms with Gasteiger partial charge in [0.2, 0.25) is 0 Å². The van der Waals surface area contributed by atoms with Crippen LogP contribution in [0.25, 0.3) is 0 Å². The monoisotopic (exact) mass is 254 g/mol. The van der Waals surface area contributed by atoms with Crippen LogP contribution < -0.4 is 5.32 Å². The second-order valence-corrected chi connectivity index (χ2v) is 6.47. The van der Waals surface area contributed by atoms with E-state index in [-0.39, 0.29) is 5.54 Å². The van der Waals surface area contributed by atoms with E-state index in [1.165, 1.54) is 25.7 Å². The third-order valence-electron chi connectivity index (χ3n) is 3.42. The van der Waals surface area contributed by atoms with Crippen LogP contribution in [0.5, 0.6) is 0 Å². The molecule has 4 heteroatoms. The predicted molar refractivity (Wildman–Crippen MR) is 71.1 cm³/mol. The Morgan fingerprint density at radius 2 is 2.29 bits per heavy atom. The highest BCUT2D eigenvalue weighted by molar-refractivity contribution is 7.99. The van der Waals surface area contributed by atoms with Crippen LogP contribution in [0.4, 0.5) is 0 Å². The Kier molecular flexibility index (Phi) is 4.72. The number of rotatable bonds is 7. The number of thioether (sulfide) groups is 1. The number of nitrogens with one attached hydrogen (secondary N) is 1. The maximum atomic E-state index is 9.23. The average Bonchev–Trinajstić information content (AvgIpc) is 2.97. The van der Waals surface area contributed by atoms with E-state index in [0.717, 1.165) is 24.5 Å². The summed E-state index contributed by atoms with van der Waals surface area (Å²) in [4.78, 5) is 0. The van der Waals surface area contributed by atoms with Crippen LogP contribution in [-0.2, 0) is 4.74 Å². The first-order chi connectivity index (χ1) is 8.22. The molecule has 1 saturated heterocycles. The fourth-order valence-electron chi connectivity index (χ4n) is 2.11. The van der Waals surface area contributed by atoms with E-state index in [2.05, 4.69) is 11.4 Å². The number of nitriles is 1. The van der Waals surface area contributed by atoms with Crippen LogP contribution in [0.1, 0.15) is 39.0 Å². The van der Waals surface area contributed by atoms with Crippen LogP contribution in [-0.4, -0.2) is 35.8 Å². The molecule has 1 aliphatic heterocycles. The molecule has 0 aromatic rings. The van der Waals surface area contributed by atoms with E-state index in [9.17, 15) is 5.26 Å². The lowest BCUT2D eigenvalue weighted by atomic mass is 10.0. The van der Waals surface area contributed by atoms with Gasteiger partial charge in [0.1, 0.15) is 5.54 Å². The topological polar surface area (TPSA) is 45.0 Å². The van der Waals surface area contributed by atoms with Crippen LogP contribution in [0.2, 0.25) is 0 Å². The van der Waals surface area contributed by atoms with E-state index in [1.807, 2.05) is 18.7 Å². The molecule has 96 valence electrons. The Hall–Kier alpha value is -0.240. The normalized spacial score (nSPS) is 27.6. The van der Waals surface area contributed by atoms with Crippen molar-refractivity contribution in [1.82, 2.24) is 5.32 Å². The molecular weight excluding hydrogens is 232 g/mol. The predicted octanol–water partition coefficient (Wildman–Crippen LogP) is 2.32. The third kappa shape index (κ3) is 4.50. The van der Waals surface area contributed by atoms with E-state index in [4.69, 9.17) is 4.74 Å². The van der Waals surface area contributed by atoms with Crippen molar-refractivity contribution >= 4 is 11.8 Å². The summed E-state index contributed by atoms with van der Waals surface area (Å²) in [5.41, 5.74) is -0.329. The van der Waals surface area contributed by atoms with Crippen molar-refractivity contribution < 1.29 is 4.74 Å². The van der Waals surface area contributed by atoms with Crippen molar-refractivity contribution in [2.45, 2.75) is 56.7 Å². The van der Waals surface area contributed by atoms with Crippen molar-refractivity contribution in [3.8, 4) is 6.07 Å². The zero-order valence-corrected chi connectivity index (χ0v) is 11.4. The molecule has 2 fully saturated rings. The molecule has 0 aromatic heterocycles. The highest BCUT2D eigenvalue weighted by Crippen LogP contribution is 2.25. The molecule has 1 N–H and O–H groups in total. The van der Waals surface area contributed by atoms with Gasteiger partial charge >= 0.3 is 0 Å². The first kappa shape index (κ1) is 13.2. The van der Waals surface area contributed by atoms with Crippen molar-refractivity contribution in [2.75, 3.05) is 18.1 Å². The Labute approximate surface area is 108 Å². The van der Waals surface area contributed by atoms with Crippen LogP contribution in [0.3, 0.4) is 0 Å². The quantitative estimate of drug-likeness (QED) is 0.708. The number of hydrogen-bond acceptors (Lipinski definition) is 4. The Morgan fingerprint density at radius 1 is 1.47 bits per heavy atom. The molecule has 1 heterocycles. The highest BCUT2D eigenvalue weighted by atomic mass is 32.2. The molecule has 17 heavy (non-hydrogen) atoms. The van der Waals surface area contributed by atoms with Gasteiger partial charge in [-0.1, -0.05) is 0 Å². The van der Waals surface area contributed by atoms with Crippen LogP contribution in [0, 0.1) is 11.3 Å². The lowest BCUT2D eigenvalue weighted by Crippen LogP contribution is -2.42. The summed E-state index contributed by atoms with van der Waals surface area (Å²) >= 11 is 1.92. The molecule has 2 unspecified atom stereocenters. The molecule has 0 radical (unpaired) electrons. The lowest BCUT2D eigenvalue weighted by molar-refractivity contribution is 0.129. The van der Waals surface area contributed by atoms with Gasteiger partial charge in [-0.2, -0.15) is 17.0 Å². The molecule has 2 aliphatic rings. The highest BCUT2D eigenvalue weighted by Gasteiger charge is 2.32. The largest absolute Gasteiger partial charge is 0.377 e. The second kappa shape index (κ2) is 6.08. The van der Waals surface area contributed by atoms with Gasteiger partial charge in [-0.05, 0) is 44.8 Å². The van der Waals surface area contributed by atoms with E-state index < -0.39 is 0 Å². The fraction of sp³-hybridized carbons (Fsp3) is 0.923. The van der Waals surface area contributed by atoms with Gasteiger partial charge in [0.25, 0.3) is 0 Å². The minimum atomic E-state index is -0.329. The smallest absolute Gasteiger partial charge is 0.104 e. The number of nitrogens with zero attached hydrogens (tertiary/aromatic N) is 1. The third-order valence-corrected chi connectivity index (χ3v) is 4.52. The molecular formula is C13H22N2OS. The van der Waals surface area contributed by atoms with E-state index >= 15 is 0 Å². The van der Waals surface area contributed by atoms with Crippen LogP contribution in [0.15, 0.2) is 0 Å². The molecule has 0 amide bonds. The summed E-state index contributed by atoms with van der Waals surface area (Å²) in [6.45, 7) is 2.96. The molecule has 0 bridgehead atoms. The van der Waals surface area contributed by atoms with Gasteiger partial charge < -0.3 is 4.74 Å². The van der Waals surface area contributed by atoms with Crippen molar-refractivity contribution in [3.05, 3.63) is 0 Å². The summed E-state index contributed by atoms with van der Waals surface area (Å²) < 4.78 is 5.58. The zero-order chi connectivity index (χ0) is 12.1. The minimum Gasteiger partial charge on any atom is -0.377 e. The Bertz CT molecular complexity index is 282. The summed E-state index contributed by atoms with van der Waals surface area (Å²) in [6, 6.07) is 3.02. The van der Waals surface area contributed by atoms with Gasteiger partial charge in [-0.25, -0.2) is 0 Å². The van der Waals surface area contributed by atoms with Gasteiger partial charge in [-0.15, -0.1) is 0 Å². The molecule has 3 nitrogen and oxygen atoms in total. The Morgan fingerprint density at radius 3 is 2.88 bits per heavy atom. The summed E-state index contributed by atoms with van der Waals surface area (Å²) in [6.07, 6.45) is 6.29. The van der Waals surface area contributed by atoms with Crippen molar-refractivity contribution in [2.24, 2.45) is 0 Å². The van der Waals surface area contributed by atoms with E-state index in [1.54, 1.807) is 0 Å². The average molecular weight is 254 g/mol. The molecule has 1 saturated carbocycles. The van der Waals surface area contributed by atoms with Crippen molar-refractivity contribution in [1.29, 1.82) is 5.26 Å². The summed E-state index contributed by atoms with van der Waals surface area (Å²) in [7, 11) is 0. The maximum Gasteiger partial charge on any atom is 0.104 e. The maximum absolute atomic E-state index is 9.23. The fourth-order valence-corrected chi connectivity index (χ4v) is 3.35. The van der Waals surface area contributed by atoms with Crippen molar-refractivity contribution in [3.63, 3.8) is 0 Å². The van der Waals surface area contributed by atoms with Gasteiger partial charge in [0.05, 0.1) is 12.2 Å². The van der Waals surface area contributed by atoms with Gasteiger partial charge in [0, 0.05) is 18.4 Å². The summed E-state index contributed by atoms with van der Waals surface area (Å²) in [5.74, 6) is 2.13. The molecule has 0 spiro atoms. The van der Waals surface area contributed by atoms with E-state index in [0.29, 0.717) is 12.1 Å². The van der Waals surface area contributed by atoms with Gasteiger partial charge in [-0.3, -0.25) is 5.32 Å². The van der Waals surface area contributed by atoms with Crippen LogP contribution >= 0.6 is 11.8 Å². The van der Waals surface area contributed by atoms with Gasteiger partial charge in [0.15, 0.2) is 0 Å². The molecule has 2 rings (SSSR count). The Balaban J connectivity index is 1.60. The zero-order valence-electron chi connectivity index (χ0n) is 10.6. The first-order valence-corrected chi connectivity index (χ1v) is 7.76. The number of ether oxygens (including phenoxy) is 1. The molecule has 1 aliphatic carbocycles. The standard InChI is InChI=1S/C13H22N2OS/c1-13(10-14,15-11-4-5-11)6-8-17-9-12-3-2-7-16-12/h11-12,15H,2-9H2,1H3. The lowest BCUT2D eigenvalue weighted by Gasteiger charge is -2.23. The molecule has 0 aromatic carbocycles. The number of hydrogen-bond donors (Lipinski definition) is 1. The molecule has 2 atom stereocenters. The minimum absolute atomic E-state index is 0.329. The first-order valence-electron chi connectivity index (χ1n) is 6.60.